The van der Waals surface area contributed by atoms with Gasteiger partial charge in [0, 0.05) is 13.5 Å². The number of rotatable bonds is 6. The molecular formula is C14H19NO5. The van der Waals surface area contributed by atoms with Gasteiger partial charge in [0.15, 0.2) is 0 Å². The summed E-state index contributed by atoms with van der Waals surface area (Å²) < 4.78 is 5.04. The van der Waals surface area contributed by atoms with Gasteiger partial charge < -0.3 is 20.3 Å². The number of benzene rings is 1. The second-order valence-corrected chi connectivity index (χ2v) is 4.71. The largest absolute Gasteiger partial charge is 0.497 e. The molecule has 0 bridgehead atoms. The predicted octanol–water partition coefficient (Wildman–Crippen LogP) is 0.956. The number of aliphatic carboxylic acids is 1. The molecule has 0 aliphatic carbocycles. The smallest absolute Gasteiger partial charge is 0.319 e. The van der Waals surface area contributed by atoms with Crippen molar-refractivity contribution in [3.8, 4) is 5.75 Å². The minimum atomic E-state index is -1.70. The maximum atomic E-state index is 11.7. The van der Waals surface area contributed by atoms with Crippen LogP contribution in [-0.4, -0.2) is 36.2 Å². The van der Waals surface area contributed by atoms with Crippen molar-refractivity contribution in [2.75, 3.05) is 14.2 Å². The lowest BCUT2D eigenvalue weighted by atomic mass is 9.82. The molecule has 0 radical (unpaired) electrons. The third-order valence-electron chi connectivity index (χ3n) is 3.28. The van der Waals surface area contributed by atoms with Crippen molar-refractivity contribution in [2.24, 2.45) is 5.41 Å². The van der Waals surface area contributed by atoms with Gasteiger partial charge in [-0.2, -0.15) is 0 Å². The molecule has 6 heteroatoms. The average Bonchev–Trinajstić information content (AvgIpc) is 2.45. The molecule has 0 spiro atoms. The number of amides is 1. The van der Waals surface area contributed by atoms with Crippen LogP contribution in [0.15, 0.2) is 24.3 Å². The van der Waals surface area contributed by atoms with Gasteiger partial charge in [-0.15, -0.1) is 0 Å². The summed E-state index contributed by atoms with van der Waals surface area (Å²) in [6.45, 7) is 1.29. The van der Waals surface area contributed by atoms with E-state index >= 15 is 0 Å². The highest BCUT2D eigenvalue weighted by atomic mass is 16.5. The highest BCUT2D eigenvalue weighted by Crippen LogP contribution is 2.32. The number of aliphatic hydroxyl groups is 1. The zero-order valence-electron chi connectivity index (χ0n) is 11.7. The predicted molar refractivity (Wildman–Crippen MR) is 72.4 cm³/mol. The van der Waals surface area contributed by atoms with E-state index in [-0.39, 0.29) is 6.42 Å². The van der Waals surface area contributed by atoms with E-state index in [2.05, 4.69) is 5.32 Å². The van der Waals surface area contributed by atoms with Crippen LogP contribution >= 0.6 is 0 Å². The number of carbonyl (C=O) groups excluding carboxylic acids is 1. The van der Waals surface area contributed by atoms with Gasteiger partial charge in [0.2, 0.25) is 5.91 Å². The Kier molecular flexibility index (Phi) is 5.10. The molecule has 1 aromatic rings. The zero-order chi connectivity index (χ0) is 15.3. The standard InChI is InChI=1S/C14H19NO5/c1-14(13(18)19,12(17)15-2)8-11(16)9-5-4-6-10(7-9)20-3/h4-7,11,16H,8H2,1-3H3,(H,15,17)(H,18,19). The molecule has 6 nitrogen and oxygen atoms in total. The van der Waals surface area contributed by atoms with E-state index in [0.717, 1.165) is 0 Å². The minimum absolute atomic E-state index is 0.227. The second kappa shape index (κ2) is 6.38. The molecule has 110 valence electrons. The van der Waals surface area contributed by atoms with Gasteiger partial charge in [0.25, 0.3) is 0 Å². The number of carbonyl (C=O) groups is 2. The van der Waals surface area contributed by atoms with Crippen LogP contribution in [0.3, 0.4) is 0 Å². The molecule has 0 saturated carbocycles. The first-order valence-corrected chi connectivity index (χ1v) is 6.12. The highest BCUT2D eigenvalue weighted by Gasteiger charge is 2.42. The number of carboxylic acid groups (broad SMARTS) is 1. The Balaban J connectivity index is 2.99. The number of hydrogen-bond acceptors (Lipinski definition) is 4. The van der Waals surface area contributed by atoms with Crippen molar-refractivity contribution in [1.82, 2.24) is 5.32 Å². The van der Waals surface area contributed by atoms with Crippen LogP contribution in [0.1, 0.15) is 25.0 Å². The fraction of sp³-hybridized carbons (Fsp3) is 0.429. The van der Waals surface area contributed by atoms with E-state index in [1.54, 1.807) is 24.3 Å². The van der Waals surface area contributed by atoms with Gasteiger partial charge in [-0.05, 0) is 24.6 Å². The lowest BCUT2D eigenvalue weighted by Crippen LogP contribution is -2.44. The Morgan fingerprint density at radius 1 is 1.45 bits per heavy atom. The summed E-state index contributed by atoms with van der Waals surface area (Å²) in [4.78, 5) is 23.1. The Bertz CT molecular complexity index is 502. The van der Waals surface area contributed by atoms with Gasteiger partial charge >= 0.3 is 5.97 Å². The van der Waals surface area contributed by atoms with Gasteiger partial charge in [-0.1, -0.05) is 12.1 Å². The van der Waals surface area contributed by atoms with Gasteiger partial charge in [0.1, 0.15) is 11.2 Å². The molecule has 0 aromatic heterocycles. The molecule has 1 rings (SSSR count). The summed E-state index contributed by atoms with van der Waals surface area (Å²) >= 11 is 0. The molecule has 2 atom stereocenters. The summed E-state index contributed by atoms with van der Waals surface area (Å²) in [7, 11) is 2.86. The molecule has 0 aliphatic rings. The van der Waals surface area contributed by atoms with Crippen LogP contribution in [0.2, 0.25) is 0 Å². The molecule has 2 unspecified atom stereocenters. The van der Waals surface area contributed by atoms with Crippen molar-refractivity contribution in [3.05, 3.63) is 29.8 Å². The topological polar surface area (TPSA) is 95.9 Å². The van der Waals surface area contributed by atoms with Crippen LogP contribution in [0.4, 0.5) is 0 Å². The first kappa shape index (κ1) is 16.0. The third-order valence-corrected chi connectivity index (χ3v) is 3.28. The van der Waals surface area contributed by atoms with E-state index in [1.807, 2.05) is 0 Å². The van der Waals surface area contributed by atoms with Crippen LogP contribution in [0.25, 0.3) is 0 Å². The fourth-order valence-electron chi connectivity index (χ4n) is 1.91. The van der Waals surface area contributed by atoms with Gasteiger partial charge in [-0.3, -0.25) is 9.59 Å². The number of methoxy groups -OCH3 is 1. The van der Waals surface area contributed by atoms with Crippen LogP contribution in [0, 0.1) is 5.41 Å². The SMILES string of the molecule is CNC(=O)C(C)(CC(O)c1cccc(OC)c1)C(=O)O. The normalized spacial score (nSPS) is 15.0. The summed E-state index contributed by atoms with van der Waals surface area (Å²) in [6, 6.07) is 6.66. The number of aliphatic hydroxyl groups excluding tert-OH is 1. The van der Waals surface area contributed by atoms with Crippen molar-refractivity contribution in [2.45, 2.75) is 19.4 Å². The summed E-state index contributed by atoms with van der Waals surface area (Å²) in [5, 5.41) is 21.7. The molecule has 1 amide bonds. The molecule has 20 heavy (non-hydrogen) atoms. The number of carboxylic acids is 1. The van der Waals surface area contributed by atoms with Crippen LogP contribution in [0.5, 0.6) is 5.75 Å². The van der Waals surface area contributed by atoms with E-state index in [1.165, 1.54) is 21.1 Å². The number of nitrogens with one attached hydrogen (secondary N) is 1. The van der Waals surface area contributed by atoms with Gasteiger partial charge in [0.05, 0.1) is 13.2 Å². The van der Waals surface area contributed by atoms with E-state index < -0.39 is 23.4 Å². The maximum Gasteiger partial charge on any atom is 0.319 e. The Hall–Kier alpha value is -2.08. The summed E-state index contributed by atoms with van der Waals surface area (Å²) in [6.07, 6.45) is -1.31. The van der Waals surface area contributed by atoms with Crippen molar-refractivity contribution in [3.63, 3.8) is 0 Å². The van der Waals surface area contributed by atoms with Crippen LogP contribution in [-0.2, 0) is 9.59 Å². The Morgan fingerprint density at radius 2 is 2.10 bits per heavy atom. The lowest BCUT2D eigenvalue weighted by Gasteiger charge is -2.25. The Morgan fingerprint density at radius 3 is 2.60 bits per heavy atom. The van der Waals surface area contributed by atoms with Crippen molar-refractivity contribution < 1.29 is 24.5 Å². The first-order valence-electron chi connectivity index (χ1n) is 6.12. The second-order valence-electron chi connectivity index (χ2n) is 4.71. The molecule has 0 aliphatic heterocycles. The van der Waals surface area contributed by atoms with E-state index in [4.69, 9.17) is 4.74 Å². The van der Waals surface area contributed by atoms with Crippen molar-refractivity contribution >= 4 is 11.9 Å². The maximum absolute atomic E-state index is 11.7. The average molecular weight is 281 g/mol. The quantitative estimate of drug-likeness (QED) is 0.675. The zero-order valence-corrected chi connectivity index (χ0v) is 11.7. The summed E-state index contributed by atoms with van der Waals surface area (Å²) in [5.41, 5.74) is -1.20. The molecule has 0 heterocycles. The number of hydrogen-bond donors (Lipinski definition) is 3. The Labute approximate surface area is 117 Å². The fourth-order valence-corrected chi connectivity index (χ4v) is 1.91. The molecule has 0 saturated heterocycles. The number of ether oxygens (including phenoxy) is 1. The van der Waals surface area contributed by atoms with Crippen molar-refractivity contribution in [1.29, 1.82) is 0 Å². The van der Waals surface area contributed by atoms with E-state index in [0.29, 0.717) is 11.3 Å². The van der Waals surface area contributed by atoms with Gasteiger partial charge in [-0.25, -0.2) is 0 Å². The molecule has 0 fully saturated rings. The van der Waals surface area contributed by atoms with Crippen LogP contribution < -0.4 is 10.1 Å². The minimum Gasteiger partial charge on any atom is -0.497 e. The highest BCUT2D eigenvalue weighted by molar-refractivity contribution is 6.01. The third kappa shape index (κ3) is 3.27. The lowest BCUT2D eigenvalue weighted by molar-refractivity contribution is -0.156. The first-order chi connectivity index (χ1) is 9.35. The monoisotopic (exact) mass is 281 g/mol. The van der Waals surface area contributed by atoms with E-state index in [9.17, 15) is 19.8 Å². The molecule has 1 aromatic carbocycles. The molecular weight excluding hydrogens is 262 g/mol. The molecule has 3 N–H and O–H groups in total. The summed E-state index contributed by atoms with van der Waals surface area (Å²) in [5.74, 6) is -1.37.